The first-order chi connectivity index (χ1) is 6.74. The average molecular weight is 238 g/mol. The maximum atomic E-state index is 5.70. The highest BCUT2D eigenvalue weighted by atomic mass is 31.0. The molecule has 3 nitrogen and oxygen atoms in total. The molecule has 1 unspecified atom stereocenters. The van der Waals surface area contributed by atoms with Gasteiger partial charge in [-0.1, -0.05) is 0 Å². The predicted octanol–water partition coefficient (Wildman–Crippen LogP) is 2.30. The van der Waals surface area contributed by atoms with Gasteiger partial charge >= 0.3 is 8.80 Å². The summed E-state index contributed by atoms with van der Waals surface area (Å²) in [6.45, 7) is 7.97. The highest BCUT2D eigenvalue weighted by Crippen LogP contribution is 2.18. The Morgan fingerprint density at radius 3 is 1.64 bits per heavy atom. The van der Waals surface area contributed by atoms with Crippen molar-refractivity contribution in [2.75, 3.05) is 26.0 Å². The summed E-state index contributed by atoms with van der Waals surface area (Å²) in [5.41, 5.74) is 0. The maximum Gasteiger partial charge on any atom is 0.500 e. The molecule has 0 aromatic heterocycles. The topological polar surface area (TPSA) is 27.7 Å². The van der Waals surface area contributed by atoms with E-state index in [0.717, 1.165) is 18.6 Å². The molecule has 0 rings (SSSR count). The van der Waals surface area contributed by atoms with Crippen LogP contribution in [0.15, 0.2) is 0 Å². The van der Waals surface area contributed by atoms with Crippen LogP contribution in [0.2, 0.25) is 6.04 Å². The number of rotatable bonds is 9. The lowest BCUT2D eigenvalue weighted by molar-refractivity contribution is 0.0712. The van der Waals surface area contributed by atoms with Crippen molar-refractivity contribution in [2.45, 2.75) is 33.2 Å². The molecule has 0 radical (unpaired) electrons. The minimum absolute atomic E-state index is 0.670. The summed E-state index contributed by atoms with van der Waals surface area (Å²) in [4.78, 5) is 0. The molecule has 0 aliphatic carbocycles. The van der Waals surface area contributed by atoms with Crippen molar-refractivity contribution in [1.82, 2.24) is 0 Å². The Kier molecular flexibility index (Phi) is 9.14. The van der Waals surface area contributed by atoms with Crippen LogP contribution in [-0.4, -0.2) is 34.8 Å². The first-order valence-electron chi connectivity index (χ1n) is 5.36. The Balaban J connectivity index is 4.21. The van der Waals surface area contributed by atoms with Gasteiger partial charge in [-0.05, 0) is 33.4 Å². The van der Waals surface area contributed by atoms with Gasteiger partial charge in [0.2, 0.25) is 0 Å². The Hall–Kier alpha value is 0.527. The molecule has 0 N–H and O–H groups in total. The molecule has 0 fully saturated rings. The molecule has 0 amide bonds. The van der Waals surface area contributed by atoms with Crippen LogP contribution >= 0.6 is 9.24 Å². The lowest BCUT2D eigenvalue weighted by Gasteiger charge is -2.28. The summed E-state index contributed by atoms with van der Waals surface area (Å²) in [5.74, 6) is 0. The fourth-order valence-electron chi connectivity index (χ4n) is 1.32. The van der Waals surface area contributed by atoms with Gasteiger partial charge in [0.25, 0.3) is 0 Å². The van der Waals surface area contributed by atoms with Gasteiger partial charge in [0.1, 0.15) is 0 Å². The fraction of sp³-hybridized carbons (Fsp3) is 1.00. The third kappa shape index (κ3) is 5.42. The van der Waals surface area contributed by atoms with E-state index >= 15 is 0 Å². The maximum absolute atomic E-state index is 5.70. The van der Waals surface area contributed by atoms with Gasteiger partial charge in [0.05, 0.1) is 0 Å². The lowest BCUT2D eigenvalue weighted by atomic mass is 10.6. The molecule has 0 saturated carbocycles. The molecule has 0 aromatic rings. The minimum Gasteiger partial charge on any atom is -0.374 e. The first kappa shape index (κ1) is 14.5. The summed E-state index contributed by atoms with van der Waals surface area (Å²) in [6.07, 6.45) is 2.15. The van der Waals surface area contributed by atoms with E-state index in [4.69, 9.17) is 13.3 Å². The van der Waals surface area contributed by atoms with E-state index in [1.165, 1.54) is 0 Å². The molecular weight excluding hydrogens is 215 g/mol. The quantitative estimate of drug-likeness (QED) is 0.456. The van der Waals surface area contributed by atoms with E-state index in [-0.39, 0.29) is 0 Å². The zero-order valence-corrected chi connectivity index (χ0v) is 11.7. The largest absolute Gasteiger partial charge is 0.500 e. The van der Waals surface area contributed by atoms with E-state index in [9.17, 15) is 0 Å². The molecule has 0 heterocycles. The Morgan fingerprint density at radius 1 is 0.929 bits per heavy atom. The van der Waals surface area contributed by atoms with E-state index < -0.39 is 8.80 Å². The van der Waals surface area contributed by atoms with Gasteiger partial charge in [0, 0.05) is 25.9 Å². The van der Waals surface area contributed by atoms with Crippen molar-refractivity contribution in [3.05, 3.63) is 0 Å². The van der Waals surface area contributed by atoms with E-state index in [2.05, 4.69) is 9.24 Å². The van der Waals surface area contributed by atoms with Crippen LogP contribution in [0.3, 0.4) is 0 Å². The summed E-state index contributed by atoms with van der Waals surface area (Å²) < 4.78 is 17.1. The van der Waals surface area contributed by atoms with Crippen molar-refractivity contribution in [2.24, 2.45) is 0 Å². The molecule has 0 spiro atoms. The molecule has 0 aromatic carbocycles. The fourth-order valence-corrected chi connectivity index (χ4v) is 4.57. The molecule has 86 valence electrons. The van der Waals surface area contributed by atoms with Crippen LogP contribution in [0.4, 0.5) is 0 Å². The van der Waals surface area contributed by atoms with Crippen LogP contribution in [-0.2, 0) is 13.3 Å². The zero-order valence-electron chi connectivity index (χ0n) is 9.54. The van der Waals surface area contributed by atoms with Gasteiger partial charge in [-0.3, -0.25) is 0 Å². The highest BCUT2D eigenvalue weighted by Gasteiger charge is 2.39. The van der Waals surface area contributed by atoms with Crippen molar-refractivity contribution in [3.63, 3.8) is 0 Å². The third-order valence-electron chi connectivity index (χ3n) is 1.78. The molecule has 0 saturated heterocycles. The molecule has 5 heteroatoms. The van der Waals surface area contributed by atoms with Crippen molar-refractivity contribution in [3.8, 4) is 0 Å². The van der Waals surface area contributed by atoms with Crippen molar-refractivity contribution < 1.29 is 13.3 Å². The van der Waals surface area contributed by atoms with Gasteiger partial charge in [-0.15, -0.1) is 9.24 Å². The summed E-state index contributed by atoms with van der Waals surface area (Å²) in [6, 6.07) is 0.923. The summed E-state index contributed by atoms with van der Waals surface area (Å²) >= 11 is 0. The number of hydrogen-bond acceptors (Lipinski definition) is 3. The van der Waals surface area contributed by atoms with Gasteiger partial charge in [-0.25, -0.2) is 0 Å². The van der Waals surface area contributed by atoms with E-state index in [1.54, 1.807) is 0 Å². The lowest BCUT2D eigenvalue weighted by Crippen LogP contribution is -2.45. The molecule has 1 atom stereocenters. The van der Waals surface area contributed by atoms with Crippen molar-refractivity contribution >= 4 is 18.0 Å². The van der Waals surface area contributed by atoms with Gasteiger partial charge in [0.15, 0.2) is 0 Å². The molecule has 0 aliphatic heterocycles. The second-order valence-electron chi connectivity index (χ2n) is 2.87. The minimum atomic E-state index is -2.33. The second kappa shape index (κ2) is 8.80. The summed E-state index contributed by atoms with van der Waals surface area (Å²) in [5, 5.41) is 0. The predicted molar refractivity (Wildman–Crippen MR) is 64.6 cm³/mol. The molecular formula is C9H23O3PSi. The average Bonchev–Trinajstić information content (AvgIpc) is 2.16. The highest BCUT2D eigenvalue weighted by molar-refractivity contribution is 7.16. The first-order valence-corrected chi connectivity index (χ1v) is 8.11. The standard InChI is InChI=1S/C9H23O3PSi/c1-4-10-14(11-5-2,12-6-3)9-7-8-13/h4-9,13H2,1-3H3. The van der Waals surface area contributed by atoms with E-state index in [1.807, 2.05) is 20.8 Å². The molecule has 0 aliphatic rings. The van der Waals surface area contributed by atoms with Gasteiger partial charge in [-0.2, -0.15) is 0 Å². The SMILES string of the molecule is CCO[Si](CCCP)(OCC)OCC. The third-order valence-corrected chi connectivity index (χ3v) is 5.34. The van der Waals surface area contributed by atoms with Crippen LogP contribution in [0.1, 0.15) is 27.2 Å². The van der Waals surface area contributed by atoms with Crippen molar-refractivity contribution in [1.29, 1.82) is 0 Å². The second-order valence-corrected chi connectivity index (χ2v) is 6.18. The smallest absolute Gasteiger partial charge is 0.374 e. The van der Waals surface area contributed by atoms with Crippen LogP contribution in [0.5, 0.6) is 0 Å². The van der Waals surface area contributed by atoms with Crippen LogP contribution < -0.4 is 0 Å². The Bertz CT molecular complexity index is 118. The number of hydrogen-bond donors (Lipinski definition) is 0. The molecule has 0 bridgehead atoms. The van der Waals surface area contributed by atoms with Crippen LogP contribution in [0.25, 0.3) is 0 Å². The van der Waals surface area contributed by atoms with E-state index in [0.29, 0.717) is 19.8 Å². The normalized spacial score (nSPS) is 12.0. The van der Waals surface area contributed by atoms with Gasteiger partial charge < -0.3 is 13.3 Å². The Morgan fingerprint density at radius 2 is 1.36 bits per heavy atom. The summed E-state index contributed by atoms with van der Waals surface area (Å²) in [7, 11) is 0.391. The van der Waals surface area contributed by atoms with Crippen LogP contribution in [0, 0.1) is 0 Å². The zero-order chi connectivity index (χ0) is 10.9. The molecule has 14 heavy (non-hydrogen) atoms. The Labute approximate surface area is 91.1 Å². The monoisotopic (exact) mass is 238 g/mol.